The van der Waals surface area contributed by atoms with E-state index >= 15 is 0 Å². The van der Waals surface area contributed by atoms with E-state index in [1.54, 1.807) is 30.6 Å². The van der Waals surface area contributed by atoms with Crippen molar-refractivity contribution in [1.82, 2.24) is 24.5 Å². The molecule has 0 spiro atoms. The van der Waals surface area contributed by atoms with E-state index in [9.17, 15) is 9.18 Å². The summed E-state index contributed by atoms with van der Waals surface area (Å²) in [4.78, 5) is 24.1. The molecule has 0 amide bonds. The van der Waals surface area contributed by atoms with Gasteiger partial charge in [-0.15, -0.1) is 0 Å². The summed E-state index contributed by atoms with van der Waals surface area (Å²) in [6.07, 6.45) is 7.36. The van der Waals surface area contributed by atoms with Crippen LogP contribution in [0, 0.1) is 5.82 Å². The molecule has 0 radical (unpaired) electrons. The first-order chi connectivity index (χ1) is 14.7. The maximum Gasteiger partial charge on any atom is 0.272 e. The van der Waals surface area contributed by atoms with Crippen LogP contribution >= 0.6 is 0 Å². The molecular formula is C23H22FN5O. The number of hydrogen-bond donors (Lipinski definition) is 1. The predicted octanol–water partition coefficient (Wildman–Crippen LogP) is 3.60. The average molecular weight is 403 g/mol. The third kappa shape index (κ3) is 3.64. The summed E-state index contributed by atoms with van der Waals surface area (Å²) in [6, 6.07) is 11.9. The van der Waals surface area contributed by atoms with Gasteiger partial charge in [0, 0.05) is 42.7 Å². The first-order valence-electron chi connectivity index (χ1n) is 10.2. The number of benzene rings is 1. The van der Waals surface area contributed by atoms with Crippen molar-refractivity contribution in [2.24, 2.45) is 0 Å². The minimum atomic E-state index is -0.289. The van der Waals surface area contributed by atoms with E-state index in [2.05, 4.69) is 21.0 Å². The van der Waals surface area contributed by atoms with Crippen LogP contribution in [0.5, 0.6) is 0 Å². The van der Waals surface area contributed by atoms with Crippen molar-refractivity contribution in [2.75, 3.05) is 13.1 Å². The van der Waals surface area contributed by atoms with Gasteiger partial charge in [-0.3, -0.25) is 19.8 Å². The van der Waals surface area contributed by atoms with Gasteiger partial charge in [0.25, 0.3) is 5.56 Å². The molecular weight excluding hydrogens is 381 g/mol. The lowest BCUT2D eigenvalue weighted by Gasteiger charge is -2.31. The summed E-state index contributed by atoms with van der Waals surface area (Å²) in [5.74, 6) is -0.0359. The van der Waals surface area contributed by atoms with Gasteiger partial charge in [0.15, 0.2) is 5.65 Å². The zero-order valence-electron chi connectivity index (χ0n) is 16.5. The number of hydrogen-bond acceptors (Lipinski definition) is 4. The molecule has 1 fully saturated rings. The molecule has 1 aliphatic rings. The van der Waals surface area contributed by atoms with Crippen LogP contribution in [0.2, 0.25) is 0 Å². The molecule has 1 aromatic carbocycles. The lowest BCUT2D eigenvalue weighted by molar-refractivity contribution is 0.203. The third-order valence-corrected chi connectivity index (χ3v) is 5.81. The third-order valence-electron chi connectivity index (χ3n) is 5.81. The van der Waals surface area contributed by atoms with Crippen molar-refractivity contribution in [2.45, 2.75) is 25.3 Å². The van der Waals surface area contributed by atoms with E-state index in [4.69, 9.17) is 4.98 Å². The Morgan fingerprint density at radius 1 is 1.13 bits per heavy atom. The van der Waals surface area contributed by atoms with Gasteiger partial charge >= 0.3 is 0 Å². The van der Waals surface area contributed by atoms with Gasteiger partial charge in [0.2, 0.25) is 0 Å². The summed E-state index contributed by atoms with van der Waals surface area (Å²) >= 11 is 0. The number of rotatable bonds is 4. The van der Waals surface area contributed by atoms with Crippen LogP contribution in [0.3, 0.4) is 0 Å². The lowest BCUT2D eigenvalue weighted by atomic mass is 9.93. The Labute approximate surface area is 173 Å². The first kappa shape index (κ1) is 18.7. The van der Waals surface area contributed by atoms with Crippen molar-refractivity contribution in [3.63, 3.8) is 0 Å². The number of aromatic amines is 1. The Hall–Kier alpha value is -3.32. The highest BCUT2D eigenvalue weighted by molar-refractivity contribution is 5.76. The van der Waals surface area contributed by atoms with Crippen LogP contribution in [0.4, 0.5) is 4.39 Å². The van der Waals surface area contributed by atoms with E-state index in [0.29, 0.717) is 5.65 Å². The molecule has 4 heterocycles. The fraction of sp³-hybridized carbons (Fsp3) is 0.261. The standard InChI is InChI=1S/C23H22FN5O/c24-19-5-3-17(4-6-19)20-14-26-29-22(30)12-21(27-23(20)29)18-7-10-28(11-8-18)15-16-2-1-9-25-13-16/h1-6,9,12-14,18,26H,7-8,10-11,15H2. The number of pyridine rings is 1. The molecule has 5 rings (SSSR count). The van der Waals surface area contributed by atoms with Crippen molar-refractivity contribution in [1.29, 1.82) is 0 Å². The molecule has 0 aliphatic carbocycles. The summed E-state index contributed by atoms with van der Waals surface area (Å²) in [7, 11) is 0. The minimum absolute atomic E-state index is 0.124. The Balaban J connectivity index is 1.38. The van der Waals surface area contributed by atoms with Crippen LogP contribution in [-0.2, 0) is 6.54 Å². The van der Waals surface area contributed by atoms with Gasteiger partial charge in [0.05, 0.1) is 5.69 Å². The predicted molar refractivity (Wildman–Crippen MR) is 113 cm³/mol. The molecule has 0 bridgehead atoms. The molecule has 0 atom stereocenters. The number of H-pyrrole nitrogens is 1. The number of nitrogens with one attached hydrogen (secondary N) is 1. The van der Waals surface area contributed by atoms with E-state index < -0.39 is 0 Å². The summed E-state index contributed by atoms with van der Waals surface area (Å²) < 4.78 is 14.7. The van der Waals surface area contributed by atoms with Crippen molar-refractivity contribution in [3.05, 3.63) is 88.5 Å². The molecule has 1 aliphatic heterocycles. The number of halogens is 1. The van der Waals surface area contributed by atoms with Crippen molar-refractivity contribution < 1.29 is 4.39 Å². The molecule has 3 aromatic heterocycles. The van der Waals surface area contributed by atoms with Gasteiger partial charge in [0.1, 0.15) is 5.82 Å². The van der Waals surface area contributed by atoms with E-state index in [1.165, 1.54) is 22.2 Å². The van der Waals surface area contributed by atoms with Crippen LogP contribution in [-0.4, -0.2) is 37.6 Å². The van der Waals surface area contributed by atoms with Crippen LogP contribution in [0.15, 0.2) is 65.8 Å². The quantitative estimate of drug-likeness (QED) is 0.565. The molecule has 7 heteroatoms. The fourth-order valence-electron chi connectivity index (χ4n) is 4.19. The Kier molecular flexibility index (Phi) is 4.88. The van der Waals surface area contributed by atoms with Gasteiger partial charge in [-0.05, 0) is 55.3 Å². The highest BCUT2D eigenvalue weighted by Gasteiger charge is 2.23. The highest BCUT2D eigenvalue weighted by Crippen LogP contribution is 2.29. The summed E-state index contributed by atoms with van der Waals surface area (Å²) in [5, 5.41) is 2.97. The number of nitrogens with zero attached hydrogens (tertiary/aromatic N) is 4. The molecule has 4 aromatic rings. The van der Waals surface area contributed by atoms with E-state index in [1.807, 2.05) is 12.3 Å². The van der Waals surface area contributed by atoms with Gasteiger partial charge in [-0.1, -0.05) is 18.2 Å². The van der Waals surface area contributed by atoms with Crippen LogP contribution in [0.25, 0.3) is 16.8 Å². The molecule has 152 valence electrons. The second kappa shape index (κ2) is 7.84. The summed E-state index contributed by atoms with van der Waals surface area (Å²) in [6.45, 7) is 2.80. The number of aromatic nitrogens is 4. The Morgan fingerprint density at radius 3 is 2.67 bits per heavy atom. The van der Waals surface area contributed by atoms with Crippen molar-refractivity contribution in [3.8, 4) is 11.1 Å². The second-order valence-electron chi connectivity index (χ2n) is 7.78. The molecule has 0 unspecified atom stereocenters. The topological polar surface area (TPSA) is 66.3 Å². The molecule has 0 saturated carbocycles. The van der Waals surface area contributed by atoms with Gasteiger partial charge in [-0.2, -0.15) is 0 Å². The van der Waals surface area contributed by atoms with Gasteiger partial charge < -0.3 is 0 Å². The van der Waals surface area contributed by atoms with Crippen LogP contribution in [0.1, 0.15) is 30.0 Å². The number of piperidine rings is 1. The smallest absolute Gasteiger partial charge is 0.272 e. The molecule has 1 N–H and O–H groups in total. The minimum Gasteiger partial charge on any atom is -0.299 e. The Morgan fingerprint density at radius 2 is 1.93 bits per heavy atom. The highest BCUT2D eigenvalue weighted by atomic mass is 19.1. The zero-order chi connectivity index (χ0) is 20.5. The number of likely N-dealkylation sites (tertiary alicyclic amines) is 1. The van der Waals surface area contributed by atoms with Crippen LogP contribution < -0.4 is 5.56 Å². The monoisotopic (exact) mass is 403 g/mol. The van der Waals surface area contributed by atoms with E-state index in [0.717, 1.165) is 49.3 Å². The van der Waals surface area contributed by atoms with Gasteiger partial charge in [-0.25, -0.2) is 13.9 Å². The maximum absolute atomic E-state index is 13.3. The average Bonchev–Trinajstić information content (AvgIpc) is 3.20. The van der Waals surface area contributed by atoms with Crippen molar-refractivity contribution >= 4 is 5.65 Å². The Bertz CT molecular complexity index is 1210. The fourth-order valence-corrected chi connectivity index (χ4v) is 4.19. The second-order valence-corrected chi connectivity index (χ2v) is 7.78. The SMILES string of the molecule is O=c1cc(C2CCN(Cc3cccnc3)CC2)nc2c(-c3ccc(F)cc3)c[nH]n12. The number of fused-ring (bicyclic) bond motifs is 1. The summed E-state index contributed by atoms with van der Waals surface area (Å²) in [5.41, 5.74) is 4.13. The normalized spacial score (nSPS) is 15.6. The molecule has 30 heavy (non-hydrogen) atoms. The maximum atomic E-state index is 13.3. The molecule has 6 nitrogen and oxygen atoms in total. The first-order valence-corrected chi connectivity index (χ1v) is 10.2. The largest absolute Gasteiger partial charge is 0.299 e. The molecule has 1 saturated heterocycles. The lowest BCUT2D eigenvalue weighted by Crippen LogP contribution is -2.33. The zero-order valence-corrected chi connectivity index (χ0v) is 16.5. The van der Waals surface area contributed by atoms with E-state index in [-0.39, 0.29) is 17.3 Å².